The molecule has 0 saturated heterocycles. The van der Waals surface area contributed by atoms with Crippen molar-refractivity contribution in [3.63, 3.8) is 0 Å². The summed E-state index contributed by atoms with van der Waals surface area (Å²) in [5.74, 6) is 2.33. The van der Waals surface area contributed by atoms with Crippen LogP contribution in [0.4, 0.5) is 0 Å². The Kier molecular flexibility index (Phi) is 4.65. The van der Waals surface area contributed by atoms with E-state index in [9.17, 15) is 4.79 Å². The molecular weight excluding hydrogens is 360 g/mol. The molecule has 5 unspecified atom stereocenters. The molecular formula is C25H32N2O2. The summed E-state index contributed by atoms with van der Waals surface area (Å²) < 4.78 is 0. The van der Waals surface area contributed by atoms with Gasteiger partial charge in [-0.15, -0.1) is 5.48 Å². The van der Waals surface area contributed by atoms with Crippen molar-refractivity contribution in [1.29, 1.82) is 0 Å². The van der Waals surface area contributed by atoms with Crippen molar-refractivity contribution in [1.82, 2.24) is 10.5 Å². The maximum atomic E-state index is 10.5. The lowest BCUT2D eigenvalue weighted by atomic mass is 9.46. The number of carbonyl (C=O) groups is 1. The minimum atomic E-state index is 0.166. The van der Waals surface area contributed by atoms with Crippen molar-refractivity contribution < 1.29 is 9.63 Å². The summed E-state index contributed by atoms with van der Waals surface area (Å²) in [4.78, 5) is 19.7. The molecule has 2 saturated carbocycles. The van der Waals surface area contributed by atoms with E-state index in [2.05, 4.69) is 48.6 Å². The van der Waals surface area contributed by atoms with Crippen LogP contribution in [0.25, 0.3) is 5.57 Å². The van der Waals surface area contributed by atoms with Crippen LogP contribution in [-0.4, -0.2) is 17.5 Å². The monoisotopic (exact) mass is 392 g/mol. The average Bonchev–Trinajstić information content (AvgIpc) is 3.10. The highest BCUT2D eigenvalue weighted by Crippen LogP contribution is 2.66. The number of pyridine rings is 1. The molecule has 1 heterocycles. The largest absolute Gasteiger partial charge is 0.373 e. The molecule has 2 fully saturated rings. The molecule has 0 amide bonds. The molecule has 1 N–H and O–H groups in total. The minimum Gasteiger partial charge on any atom is -0.373 e. The first-order valence-corrected chi connectivity index (χ1v) is 11.2. The van der Waals surface area contributed by atoms with Gasteiger partial charge in [-0.05, 0) is 90.7 Å². The van der Waals surface area contributed by atoms with Crippen LogP contribution in [-0.2, 0) is 9.63 Å². The van der Waals surface area contributed by atoms with Gasteiger partial charge in [-0.1, -0.05) is 37.6 Å². The van der Waals surface area contributed by atoms with Gasteiger partial charge in [0, 0.05) is 12.4 Å². The number of aromatic nitrogens is 1. The molecule has 0 radical (unpaired) electrons. The predicted molar refractivity (Wildman–Crippen MR) is 113 cm³/mol. The van der Waals surface area contributed by atoms with Gasteiger partial charge in [0.25, 0.3) is 0 Å². The van der Waals surface area contributed by atoms with Crippen LogP contribution in [0.15, 0.2) is 42.3 Å². The van der Waals surface area contributed by atoms with Crippen LogP contribution in [0.1, 0.15) is 64.4 Å². The standard InChI is InChI=1S/C25H32N2O2/c1-24-11-9-19(27-29-16-28)14-18(24)5-6-20-22-8-7-21(17-4-3-13-26-15-17)25(22,2)12-10-23(20)24/h3-4,7,13-16,19-20,22-23,27H,5-6,8-12H2,1-2H3/t19?,20?,22-,23?,24?,25?/m0/s1. The van der Waals surface area contributed by atoms with Crippen LogP contribution in [0.3, 0.4) is 0 Å². The molecule has 6 atom stereocenters. The lowest BCUT2D eigenvalue weighted by Gasteiger charge is -2.58. The number of nitrogens with one attached hydrogen (secondary N) is 1. The predicted octanol–water partition coefficient (Wildman–Crippen LogP) is 5.08. The van der Waals surface area contributed by atoms with Gasteiger partial charge in [-0.2, -0.15) is 0 Å². The fourth-order valence-corrected chi connectivity index (χ4v) is 7.47. The zero-order valence-corrected chi connectivity index (χ0v) is 17.6. The number of allylic oxidation sites excluding steroid dienone is 3. The smallest absolute Gasteiger partial charge is 0.312 e. The molecule has 4 aliphatic rings. The van der Waals surface area contributed by atoms with Gasteiger partial charge in [0.15, 0.2) is 0 Å². The first kappa shape index (κ1) is 19.0. The Hall–Kier alpha value is -1.94. The molecule has 4 aliphatic carbocycles. The zero-order chi connectivity index (χ0) is 20.1. The maximum Gasteiger partial charge on any atom is 0.312 e. The van der Waals surface area contributed by atoms with Crippen molar-refractivity contribution >= 4 is 12.0 Å². The van der Waals surface area contributed by atoms with Crippen LogP contribution in [0.2, 0.25) is 0 Å². The van der Waals surface area contributed by atoms with Crippen molar-refractivity contribution in [2.75, 3.05) is 0 Å². The lowest BCUT2D eigenvalue weighted by Crippen LogP contribution is -2.50. The second kappa shape index (κ2) is 7.09. The van der Waals surface area contributed by atoms with Gasteiger partial charge >= 0.3 is 6.47 Å². The number of rotatable bonds is 4. The van der Waals surface area contributed by atoms with Gasteiger partial charge in [0.1, 0.15) is 0 Å². The Bertz CT molecular complexity index is 848. The van der Waals surface area contributed by atoms with Crippen molar-refractivity contribution in [3.05, 3.63) is 47.8 Å². The van der Waals surface area contributed by atoms with E-state index >= 15 is 0 Å². The molecule has 0 aromatic carbocycles. The van der Waals surface area contributed by atoms with Crippen molar-refractivity contribution in [3.8, 4) is 0 Å². The molecule has 29 heavy (non-hydrogen) atoms. The second-order valence-electron chi connectivity index (χ2n) is 10.1. The van der Waals surface area contributed by atoms with Crippen LogP contribution in [0, 0.1) is 28.6 Å². The molecule has 1 aromatic rings. The number of nitrogens with zero attached hydrogens (tertiary/aromatic N) is 1. The topological polar surface area (TPSA) is 51.2 Å². The fraction of sp³-hybridized carbons (Fsp3) is 0.600. The summed E-state index contributed by atoms with van der Waals surface area (Å²) in [6.07, 6.45) is 17.3. The van der Waals surface area contributed by atoms with Gasteiger partial charge < -0.3 is 4.84 Å². The molecule has 4 heteroatoms. The van der Waals surface area contributed by atoms with Crippen LogP contribution in [0.5, 0.6) is 0 Å². The van der Waals surface area contributed by atoms with E-state index in [1.165, 1.54) is 44.1 Å². The van der Waals surface area contributed by atoms with E-state index in [1.807, 2.05) is 12.4 Å². The summed E-state index contributed by atoms with van der Waals surface area (Å²) >= 11 is 0. The number of hydrogen-bond donors (Lipinski definition) is 1. The van der Waals surface area contributed by atoms with Gasteiger partial charge in [0.05, 0.1) is 6.04 Å². The Morgan fingerprint density at radius 3 is 2.83 bits per heavy atom. The summed E-state index contributed by atoms with van der Waals surface area (Å²) in [6.45, 7) is 5.52. The molecule has 5 rings (SSSR count). The van der Waals surface area contributed by atoms with E-state index in [-0.39, 0.29) is 6.04 Å². The normalized spacial score (nSPS) is 40.8. The SMILES string of the molecule is CC12CCC(NOC=O)C=C1CCC1C2CCC2(C)C(c3cccnc3)=CC[C@@H]12. The quantitative estimate of drug-likeness (QED) is 0.441. The van der Waals surface area contributed by atoms with Gasteiger partial charge in [0.2, 0.25) is 0 Å². The van der Waals surface area contributed by atoms with E-state index in [0.29, 0.717) is 17.3 Å². The number of carbonyl (C=O) groups excluding carboxylic acids is 1. The highest BCUT2D eigenvalue weighted by molar-refractivity contribution is 5.72. The Morgan fingerprint density at radius 1 is 1.17 bits per heavy atom. The Labute approximate surface area is 173 Å². The Morgan fingerprint density at radius 2 is 2.03 bits per heavy atom. The molecule has 1 aromatic heterocycles. The molecule has 0 spiro atoms. The molecule has 4 nitrogen and oxygen atoms in total. The summed E-state index contributed by atoms with van der Waals surface area (Å²) in [7, 11) is 0. The Balaban J connectivity index is 1.40. The number of hydrogen-bond acceptors (Lipinski definition) is 4. The fourth-order valence-electron chi connectivity index (χ4n) is 7.47. The van der Waals surface area contributed by atoms with Crippen LogP contribution < -0.4 is 5.48 Å². The zero-order valence-electron chi connectivity index (χ0n) is 17.6. The van der Waals surface area contributed by atoms with Crippen molar-refractivity contribution in [2.24, 2.45) is 28.6 Å². The number of fused-ring (bicyclic) bond motifs is 5. The van der Waals surface area contributed by atoms with E-state index < -0.39 is 0 Å². The van der Waals surface area contributed by atoms with E-state index in [1.54, 1.807) is 11.1 Å². The third kappa shape index (κ3) is 2.91. The third-order valence-corrected chi connectivity index (χ3v) is 8.93. The number of hydroxylamine groups is 1. The van der Waals surface area contributed by atoms with Crippen molar-refractivity contribution in [2.45, 2.75) is 64.8 Å². The van der Waals surface area contributed by atoms with Gasteiger partial charge in [-0.25, -0.2) is 0 Å². The second-order valence-corrected chi connectivity index (χ2v) is 10.1. The summed E-state index contributed by atoms with van der Waals surface area (Å²) in [5.41, 5.74) is 7.96. The summed E-state index contributed by atoms with van der Waals surface area (Å²) in [5, 5.41) is 0. The first-order chi connectivity index (χ1) is 14.1. The van der Waals surface area contributed by atoms with Crippen LogP contribution >= 0.6 is 0 Å². The third-order valence-electron chi connectivity index (χ3n) is 8.93. The highest BCUT2D eigenvalue weighted by atomic mass is 16.7. The highest BCUT2D eigenvalue weighted by Gasteiger charge is 2.57. The average molecular weight is 393 g/mol. The van der Waals surface area contributed by atoms with E-state index in [0.717, 1.165) is 24.2 Å². The molecule has 0 bridgehead atoms. The minimum absolute atomic E-state index is 0.166. The molecule has 0 aliphatic heterocycles. The molecule has 154 valence electrons. The van der Waals surface area contributed by atoms with E-state index in [4.69, 9.17) is 4.84 Å². The van der Waals surface area contributed by atoms with Gasteiger partial charge in [-0.3, -0.25) is 9.78 Å². The lowest BCUT2D eigenvalue weighted by molar-refractivity contribution is -0.136. The maximum absolute atomic E-state index is 10.5. The summed E-state index contributed by atoms with van der Waals surface area (Å²) in [6, 6.07) is 4.47. The first-order valence-electron chi connectivity index (χ1n) is 11.2.